The quantitative estimate of drug-likeness (QED) is 0.789. The summed E-state index contributed by atoms with van der Waals surface area (Å²) < 4.78 is 19.7. The molecule has 0 aliphatic carbocycles. The molecule has 0 aromatic heterocycles. The average molecular weight is 316 g/mol. The van der Waals surface area contributed by atoms with Crippen molar-refractivity contribution in [3.05, 3.63) is 63.3 Å². The minimum absolute atomic E-state index is 0.172. The predicted octanol–water partition coefficient (Wildman–Crippen LogP) is 4.82. The molecule has 0 radical (unpaired) electrons. The van der Waals surface area contributed by atoms with Crippen LogP contribution in [0, 0.1) is 5.82 Å². The first kappa shape index (κ1) is 12.4. The summed E-state index contributed by atoms with van der Waals surface area (Å²) in [6.07, 6.45) is 0. The van der Waals surface area contributed by atoms with E-state index in [1.54, 1.807) is 36.4 Å². The van der Waals surface area contributed by atoms with E-state index in [0.717, 1.165) is 4.47 Å². The summed E-state index contributed by atoms with van der Waals surface area (Å²) in [5.41, 5.74) is 0.499. The lowest BCUT2D eigenvalue weighted by molar-refractivity contribution is 0.300. The van der Waals surface area contributed by atoms with Crippen LogP contribution in [0.15, 0.2) is 46.9 Å². The molecule has 2 rings (SSSR count). The fourth-order valence-electron chi connectivity index (χ4n) is 1.37. The van der Waals surface area contributed by atoms with Crippen molar-refractivity contribution in [1.82, 2.24) is 0 Å². The van der Waals surface area contributed by atoms with Crippen LogP contribution in [-0.4, -0.2) is 0 Å². The summed E-state index contributed by atoms with van der Waals surface area (Å²) in [7, 11) is 0. The molecule has 0 amide bonds. The topological polar surface area (TPSA) is 9.23 Å². The minimum Gasteiger partial charge on any atom is -0.489 e. The molecule has 0 spiro atoms. The van der Waals surface area contributed by atoms with Crippen molar-refractivity contribution < 1.29 is 9.13 Å². The average Bonchev–Trinajstić information content (AvgIpc) is 2.30. The van der Waals surface area contributed by atoms with Crippen LogP contribution >= 0.6 is 27.5 Å². The summed E-state index contributed by atoms with van der Waals surface area (Å²) >= 11 is 9.11. The molecule has 0 atom stereocenters. The summed E-state index contributed by atoms with van der Waals surface area (Å²) in [5.74, 6) is 0.340. The summed E-state index contributed by atoms with van der Waals surface area (Å²) in [4.78, 5) is 0. The predicted molar refractivity (Wildman–Crippen MR) is 69.9 cm³/mol. The Morgan fingerprint density at radius 2 is 2.00 bits per heavy atom. The second-order valence-corrected chi connectivity index (χ2v) is 4.83. The lowest BCUT2D eigenvalue weighted by atomic mass is 10.2. The molecule has 0 aliphatic heterocycles. The van der Waals surface area contributed by atoms with Crippen molar-refractivity contribution >= 4 is 27.5 Å². The van der Waals surface area contributed by atoms with Gasteiger partial charge in [-0.1, -0.05) is 33.6 Å². The normalized spacial score (nSPS) is 10.3. The molecule has 0 N–H and O–H groups in total. The van der Waals surface area contributed by atoms with Gasteiger partial charge in [-0.25, -0.2) is 4.39 Å². The Bertz CT molecular complexity index is 531. The molecule has 0 heterocycles. The third-order valence-electron chi connectivity index (χ3n) is 2.20. The van der Waals surface area contributed by atoms with Gasteiger partial charge in [0.15, 0.2) is 0 Å². The Kier molecular flexibility index (Phi) is 4.02. The highest BCUT2D eigenvalue weighted by Crippen LogP contribution is 2.20. The Hall–Kier alpha value is -1.06. The van der Waals surface area contributed by atoms with Crippen molar-refractivity contribution in [3.63, 3.8) is 0 Å². The van der Waals surface area contributed by atoms with E-state index in [-0.39, 0.29) is 12.4 Å². The van der Waals surface area contributed by atoms with Crippen LogP contribution in [0.2, 0.25) is 5.02 Å². The van der Waals surface area contributed by atoms with Crippen molar-refractivity contribution in [2.75, 3.05) is 0 Å². The molecule has 88 valence electrons. The van der Waals surface area contributed by atoms with Crippen LogP contribution in [0.25, 0.3) is 0 Å². The van der Waals surface area contributed by atoms with Gasteiger partial charge < -0.3 is 4.74 Å². The maximum absolute atomic E-state index is 13.4. The Morgan fingerprint density at radius 3 is 2.76 bits per heavy atom. The first-order valence-electron chi connectivity index (χ1n) is 4.97. The first-order chi connectivity index (χ1) is 8.15. The third kappa shape index (κ3) is 3.45. The molecule has 17 heavy (non-hydrogen) atoms. The summed E-state index contributed by atoms with van der Waals surface area (Å²) in [5, 5.41) is 0.595. The van der Waals surface area contributed by atoms with E-state index in [0.29, 0.717) is 16.3 Å². The van der Waals surface area contributed by atoms with Gasteiger partial charge >= 0.3 is 0 Å². The number of benzene rings is 2. The maximum Gasteiger partial charge on any atom is 0.129 e. The van der Waals surface area contributed by atoms with Crippen LogP contribution in [0.1, 0.15) is 5.56 Å². The molecule has 2 aromatic rings. The second-order valence-electron chi connectivity index (χ2n) is 3.48. The van der Waals surface area contributed by atoms with E-state index < -0.39 is 0 Å². The van der Waals surface area contributed by atoms with Crippen LogP contribution in [0.5, 0.6) is 5.75 Å². The van der Waals surface area contributed by atoms with Crippen molar-refractivity contribution in [1.29, 1.82) is 0 Å². The highest BCUT2D eigenvalue weighted by atomic mass is 79.9. The number of halogens is 3. The molecule has 0 saturated heterocycles. The fraction of sp³-hybridized carbons (Fsp3) is 0.0769. The Morgan fingerprint density at radius 1 is 1.18 bits per heavy atom. The molecule has 2 aromatic carbocycles. The van der Waals surface area contributed by atoms with Gasteiger partial charge in [-0.2, -0.15) is 0 Å². The molecule has 0 saturated carbocycles. The minimum atomic E-state index is -0.282. The number of hydrogen-bond acceptors (Lipinski definition) is 1. The second kappa shape index (κ2) is 5.52. The zero-order chi connectivity index (χ0) is 12.3. The fourth-order valence-corrected chi connectivity index (χ4v) is 1.96. The number of rotatable bonds is 3. The van der Waals surface area contributed by atoms with Crippen molar-refractivity contribution in [2.45, 2.75) is 6.61 Å². The van der Waals surface area contributed by atoms with Gasteiger partial charge in [0.2, 0.25) is 0 Å². The highest BCUT2D eigenvalue weighted by Gasteiger charge is 2.04. The zero-order valence-corrected chi connectivity index (χ0v) is 11.1. The molecule has 0 fully saturated rings. The van der Waals surface area contributed by atoms with E-state index in [2.05, 4.69) is 15.9 Å². The van der Waals surface area contributed by atoms with Gasteiger partial charge in [-0.15, -0.1) is 0 Å². The van der Waals surface area contributed by atoms with E-state index in [1.165, 1.54) is 6.07 Å². The smallest absolute Gasteiger partial charge is 0.129 e. The number of hydrogen-bond donors (Lipinski definition) is 0. The van der Waals surface area contributed by atoms with Crippen LogP contribution in [-0.2, 0) is 6.61 Å². The Balaban J connectivity index is 2.09. The molecule has 0 aliphatic rings. The van der Waals surface area contributed by atoms with Gasteiger partial charge in [0.25, 0.3) is 0 Å². The lowest BCUT2D eigenvalue weighted by Crippen LogP contribution is -1.98. The largest absolute Gasteiger partial charge is 0.489 e. The van der Waals surface area contributed by atoms with E-state index >= 15 is 0 Å². The van der Waals surface area contributed by atoms with E-state index in [4.69, 9.17) is 16.3 Å². The zero-order valence-electron chi connectivity index (χ0n) is 8.79. The lowest BCUT2D eigenvalue weighted by Gasteiger charge is -2.07. The van der Waals surface area contributed by atoms with Gasteiger partial charge in [-0.3, -0.25) is 0 Å². The van der Waals surface area contributed by atoms with Crippen molar-refractivity contribution in [3.8, 4) is 5.75 Å². The highest BCUT2D eigenvalue weighted by molar-refractivity contribution is 9.10. The molecule has 1 nitrogen and oxygen atoms in total. The van der Waals surface area contributed by atoms with E-state index in [1.807, 2.05) is 0 Å². The molecular weight excluding hydrogens is 306 g/mol. The van der Waals surface area contributed by atoms with Gasteiger partial charge in [0.1, 0.15) is 18.2 Å². The van der Waals surface area contributed by atoms with Crippen LogP contribution < -0.4 is 4.74 Å². The van der Waals surface area contributed by atoms with E-state index in [9.17, 15) is 4.39 Å². The standard InChI is InChI=1S/C13H9BrClFO/c14-10-4-5-13(16)9(6-10)8-17-12-3-1-2-11(15)7-12/h1-7H,8H2. The molecule has 0 unspecified atom stereocenters. The Labute approximate surface area is 112 Å². The van der Waals surface area contributed by atoms with Crippen molar-refractivity contribution in [2.24, 2.45) is 0 Å². The van der Waals surface area contributed by atoms with Crippen LogP contribution in [0.4, 0.5) is 4.39 Å². The first-order valence-corrected chi connectivity index (χ1v) is 6.14. The van der Waals surface area contributed by atoms with Crippen LogP contribution in [0.3, 0.4) is 0 Å². The summed E-state index contributed by atoms with van der Waals surface area (Å²) in [6.45, 7) is 0.172. The van der Waals surface area contributed by atoms with Gasteiger partial charge in [-0.05, 0) is 36.4 Å². The molecule has 0 bridgehead atoms. The van der Waals surface area contributed by atoms with Gasteiger partial charge in [0, 0.05) is 15.1 Å². The maximum atomic E-state index is 13.4. The monoisotopic (exact) mass is 314 g/mol. The molecule has 4 heteroatoms. The SMILES string of the molecule is Fc1ccc(Br)cc1COc1cccc(Cl)c1. The summed E-state index contributed by atoms with van der Waals surface area (Å²) in [6, 6.07) is 11.8. The van der Waals surface area contributed by atoms with Gasteiger partial charge in [0.05, 0.1) is 0 Å². The third-order valence-corrected chi connectivity index (χ3v) is 2.93. The molecular formula is C13H9BrClFO. The number of ether oxygens (including phenoxy) is 1.